The van der Waals surface area contributed by atoms with Crippen molar-refractivity contribution in [3.8, 4) is 0 Å². The minimum absolute atomic E-state index is 0.0919. The van der Waals surface area contributed by atoms with E-state index in [4.69, 9.17) is 0 Å². The van der Waals surface area contributed by atoms with Gasteiger partial charge >= 0.3 is 6.03 Å². The van der Waals surface area contributed by atoms with Crippen molar-refractivity contribution in [1.82, 2.24) is 25.6 Å². The van der Waals surface area contributed by atoms with Crippen LogP contribution in [0.15, 0.2) is 0 Å². The van der Waals surface area contributed by atoms with Crippen LogP contribution in [0.25, 0.3) is 0 Å². The third-order valence-electron chi connectivity index (χ3n) is 4.25. The van der Waals surface area contributed by atoms with E-state index in [1.165, 1.54) is 19.3 Å². The first kappa shape index (κ1) is 15.8. The van der Waals surface area contributed by atoms with Crippen LogP contribution in [0.1, 0.15) is 57.3 Å². The van der Waals surface area contributed by atoms with Gasteiger partial charge in [0.2, 0.25) is 0 Å². The minimum Gasteiger partial charge on any atom is -0.335 e. The molecule has 2 rings (SSSR count). The third kappa shape index (κ3) is 4.19. The molecule has 6 heteroatoms. The van der Waals surface area contributed by atoms with Gasteiger partial charge in [0.15, 0.2) is 0 Å². The second-order valence-corrected chi connectivity index (χ2v) is 5.83. The van der Waals surface area contributed by atoms with Gasteiger partial charge < -0.3 is 10.6 Å². The van der Waals surface area contributed by atoms with Gasteiger partial charge in [0.05, 0.1) is 18.8 Å². The molecular weight excluding hydrogens is 266 g/mol. The second-order valence-electron chi connectivity index (χ2n) is 5.83. The molecule has 0 aromatic carbocycles. The monoisotopic (exact) mass is 293 g/mol. The van der Waals surface area contributed by atoms with Crippen LogP contribution in [-0.2, 0) is 13.1 Å². The summed E-state index contributed by atoms with van der Waals surface area (Å²) < 4.78 is 0. The Morgan fingerprint density at radius 3 is 2.67 bits per heavy atom. The zero-order valence-corrected chi connectivity index (χ0v) is 13.4. The predicted octanol–water partition coefficient (Wildman–Crippen LogP) is 2.37. The number of aryl methyl sites for hydroxylation is 2. The molecule has 0 bridgehead atoms. The summed E-state index contributed by atoms with van der Waals surface area (Å²) in [6, 6.07) is 0.224. The number of hydrogen-bond acceptors (Lipinski definition) is 3. The first-order valence-electron chi connectivity index (χ1n) is 8.09. The van der Waals surface area contributed by atoms with Crippen LogP contribution in [0.5, 0.6) is 0 Å². The number of hydrogen-bond donors (Lipinski definition) is 2. The highest BCUT2D eigenvalue weighted by Crippen LogP contribution is 2.31. The zero-order valence-electron chi connectivity index (χ0n) is 13.4. The highest BCUT2D eigenvalue weighted by Gasteiger charge is 2.27. The normalized spacial score (nSPS) is 16.3. The molecule has 21 heavy (non-hydrogen) atoms. The fraction of sp³-hybridized carbons (Fsp3) is 0.800. The topological polar surface area (TPSA) is 71.8 Å². The van der Waals surface area contributed by atoms with E-state index in [2.05, 4.69) is 27.8 Å². The van der Waals surface area contributed by atoms with Gasteiger partial charge in [0.1, 0.15) is 5.69 Å². The van der Waals surface area contributed by atoms with Crippen molar-refractivity contribution in [2.24, 2.45) is 5.92 Å². The molecule has 1 unspecified atom stereocenters. The Morgan fingerprint density at radius 1 is 1.38 bits per heavy atom. The molecule has 0 aliphatic heterocycles. The fourth-order valence-electron chi connectivity index (χ4n) is 2.73. The van der Waals surface area contributed by atoms with Crippen molar-refractivity contribution < 1.29 is 4.79 Å². The number of carbonyl (C=O) groups excluding carboxylic acids is 1. The van der Waals surface area contributed by atoms with Gasteiger partial charge in [-0.05, 0) is 39.0 Å². The largest absolute Gasteiger partial charge is 0.335 e. The van der Waals surface area contributed by atoms with Crippen LogP contribution >= 0.6 is 0 Å². The van der Waals surface area contributed by atoms with Gasteiger partial charge in [-0.2, -0.15) is 15.0 Å². The van der Waals surface area contributed by atoms with Crippen molar-refractivity contribution in [3.05, 3.63) is 11.4 Å². The van der Waals surface area contributed by atoms with Crippen molar-refractivity contribution >= 4 is 6.03 Å². The summed E-state index contributed by atoms with van der Waals surface area (Å²) in [5.41, 5.74) is 1.71. The smallest absolute Gasteiger partial charge is 0.315 e. The standard InChI is InChI=1S/C15H27N5O/c1-4-7-13(12-8-6-9-12)17-15(21)16-10-14-11(3)18-20(5-2)19-14/h12-13H,4-10H2,1-3H3,(H2,16,17,21). The van der Waals surface area contributed by atoms with Gasteiger partial charge in [0.25, 0.3) is 0 Å². The molecule has 1 heterocycles. The molecular formula is C15H27N5O. The Morgan fingerprint density at radius 2 is 2.14 bits per heavy atom. The number of urea groups is 1. The number of rotatable bonds is 7. The average molecular weight is 293 g/mol. The van der Waals surface area contributed by atoms with Crippen LogP contribution in [0.4, 0.5) is 4.79 Å². The van der Waals surface area contributed by atoms with Crippen LogP contribution < -0.4 is 10.6 Å². The summed E-state index contributed by atoms with van der Waals surface area (Å²) in [4.78, 5) is 13.7. The maximum atomic E-state index is 12.1. The summed E-state index contributed by atoms with van der Waals surface area (Å²) in [5, 5.41) is 14.7. The van der Waals surface area contributed by atoms with Crippen LogP contribution in [0.3, 0.4) is 0 Å². The lowest BCUT2D eigenvalue weighted by Crippen LogP contribution is -2.47. The molecule has 2 amide bonds. The number of carbonyl (C=O) groups is 1. The maximum absolute atomic E-state index is 12.1. The van der Waals surface area contributed by atoms with E-state index in [0.29, 0.717) is 18.5 Å². The lowest BCUT2D eigenvalue weighted by atomic mass is 9.78. The lowest BCUT2D eigenvalue weighted by Gasteiger charge is -2.34. The van der Waals surface area contributed by atoms with E-state index < -0.39 is 0 Å². The highest BCUT2D eigenvalue weighted by molar-refractivity contribution is 5.74. The summed E-state index contributed by atoms with van der Waals surface area (Å²) >= 11 is 0. The molecule has 118 valence electrons. The maximum Gasteiger partial charge on any atom is 0.315 e. The number of nitrogens with one attached hydrogen (secondary N) is 2. The van der Waals surface area contributed by atoms with Crippen LogP contribution in [0.2, 0.25) is 0 Å². The molecule has 1 atom stereocenters. The van der Waals surface area contributed by atoms with Gasteiger partial charge in [0, 0.05) is 6.04 Å². The number of amides is 2. The first-order chi connectivity index (χ1) is 10.1. The minimum atomic E-state index is -0.0919. The first-order valence-corrected chi connectivity index (χ1v) is 8.09. The Balaban J connectivity index is 1.81. The van der Waals surface area contributed by atoms with Gasteiger partial charge in [-0.25, -0.2) is 4.79 Å². The molecule has 6 nitrogen and oxygen atoms in total. The molecule has 1 aromatic heterocycles. The average Bonchev–Trinajstić information content (AvgIpc) is 2.75. The summed E-state index contributed by atoms with van der Waals surface area (Å²) in [6.45, 7) is 7.26. The van der Waals surface area contributed by atoms with Crippen molar-refractivity contribution in [1.29, 1.82) is 0 Å². The third-order valence-corrected chi connectivity index (χ3v) is 4.25. The molecule has 1 aliphatic rings. The lowest BCUT2D eigenvalue weighted by molar-refractivity contribution is 0.201. The summed E-state index contributed by atoms with van der Waals surface area (Å²) in [5.74, 6) is 0.665. The van der Waals surface area contributed by atoms with Crippen molar-refractivity contribution in [2.45, 2.75) is 72.0 Å². The Kier molecular flexibility index (Phi) is 5.59. The number of aromatic nitrogens is 3. The summed E-state index contributed by atoms with van der Waals surface area (Å²) in [7, 11) is 0. The Hall–Kier alpha value is -1.59. The van der Waals surface area contributed by atoms with Crippen molar-refractivity contribution in [2.75, 3.05) is 0 Å². The van der Waals surface area contributed by atoms with E-state index >= 15 is 0 Å². The van der Waals surface area contributed by atoms with Gasteiger partial charge in [-0.15, -0.1) is 0 Å². The quantitative estimate of drug-likeness (QED) is 0.810. The number of nitrogens with zero attached hydrogens (tertiary/aromatic N) is 3. The molecule has 1 fully saturated rings. The SMILES string of the molecule is CCCC(NC(=O)NCc1nn(CC)nc1C)C1CCC1. The zero-order chi connectivity index (χ0) is 15.2. The van der Waals surface area contributed by atoms with E-state index in [0.717, 1.165) is 30.8 Å². The molecule has 1 aromatic rings. The molecule has 0 radical (unpaired) electrons. The fourth-order valence-corrected chi connectivity index (χ4v) is 2.73. The van der Waals surface area contributed by atoms with Crippen LogP contribution in [-0.4, -0.2) is 27.1 Å². The van der Waals surface area contributed by atoms with E-state index in [9.17, 15) is 4.79 Å². The van der Waals surface area contributed by atoms with E-state index in [1.807, 2.05) is 13.8 Å². The van der Waals surface area contributed by atoms with Crippen LogP contribution in [0, 0.1) is 12.8 Å². The molecule has 1 saturated carbocycles. The van der Waals surface area contributed by atoms with E-state index in [-0.39, 0.29) is 6.03 Å². The molecule has 2 N–H and O–H groups in total. The Bertz CT molecular complexity index is 467. The van der Waals surface area contributed by atoms with Crippen molar-refractivity contribution in [3.63, 3.8) is 0 Å². The second kappa shape index (κ2) is 7.43. The molecule has 0 saturated heterocycles. The predicted molar refractivity (Wildman–Crippen MR) is 81.8 cm³/mol. The van der Waals surface area contributed by atoms with E-state index in [1.54, 1.807) is 4.80 Å². The Labute approximate surface area is 126 Å². The summed E-state index contributed by atoms with van der Waals surface area (Å²) in [6.07, 6.45) is 5.95. The van der Waals surface area contributed by atoms with Gasteiger partial charge in [-0.1, -0.05) is 19.8 Å². The molecule has 0 spiro atoms. The highest BCUT2D eigenvalue weighted by atomic mass is 16.2. The molecule has 1 aliphatic carbocycles. The van der Waals surface area contributed by atoms with Gasteiger partial charge in [-0.3, -0.25) is 0 Å².